The number of benzene rings is 1. The molecule has 3 aromatic rings. The number of aromatic amines is 1. The van der Waals surface area contributed by atoms with Crippen LogP contribution in [0.2, 0.25) is 0 Å². The van der Waals surface area contributed by atoms with Crippen molar-refractivity contribution in [3.05, 3.63) is 45.5 Å². The molecule has 0 unspecified atom stereocenters. The first-order chi connectivity index (χ1) is 9.20. The van der Waals surface area contributed by atoms with E-state index in [-0.39, 0.29) is 6.61 Å². The van der Waals surface area contributed by atoms with Gasteiger partial charge in [-0.15, -0.1) is 0 Å². The van der Waals surface area contributed by atoms with Gasteiger partial charge in [-0.2, -0.15) is 5.10 Å². The zero-order chi connectivity index (χ0) is 13.4. The lowest BCUT2D eigenvalue weighted by Crippen LogP contribution is -2.02. The Kier molecular flexibility index (Phi) is 3.17. The maximum Gasteiger partial charge on any atom is 0.200 e. The lowest BCUT2D eigenvalue weighted by molar-refractivity contribution is 0.269. The number of hydrogen-bond acceptors (Lipinski definition) is 4. The molecular weight excluding hydrogens is 328 g/mol. The molecule has 0 amide bonds. The molecule has 0 radical (unpaired) electrons. The van der Waals surface area contributed by atoms with Gasteiger partial charge in [-0.25, -0.2) is 0 Å². The van der Waals surface area contributed by atoms with Gasteiger partial charge in [-0.3, -0.25) is 14.6 Å². The summed E-state index contributed by atoms with van der Waals surface area (Å²) in [4.78, 5) is 4.42. The predicted molar refractivity (Wildman–Crippen MR) is 77.7 cm³/mol. The Balaban J connectivity index is 2.37. The molecule has 2 aromatic heterocycles. The lowest BCUT2D eigenvalue weighted by Gasteiger charge is -2.08. The summed E-state index contributed by atoms with van der Waals surface area (Å²) in [6.45, 7) is -0.194. The second-order valence-electron chi connectivity index (χ2n) is 3.94. The number of hydrogen-bond donors (Lipinski definition) is 2. The number of aliphatic hydroxyl groups is 1. The van der Waals surface area contributed by atoms with Gasteiger partial charge in [0.1, 0.15) is 6.61 Å². The van der Waals surface area contributed by atoms with E-state index in [4.69, 9.17) is 12.2 Å². The van der Waals surface area contributed by atoms with Crippen LogP contribution in [0.1, 0.15) is 5.82 Å². The first kappa shape index (κ1) is 12.5. The normalized spacial score (nSPS) is 11.1. The topological polar surface area (TPSA) is 66.7 Å². The molecule has 0 aliphatic carbocycles. The van der Waals surface area contributed by atoms with Crippen molar-refractivity contribution in [3.8, 4) is 5.69 Å². The molecule has 0 saturated carbocycles. The van der Waals surface area contributed by atoms with Gasteiger partial charge in [0.25, 0.3) is 0 Å². The summed E-state index contributed by atoms with van der Waals surface area (Å²) in [7, 11) is 0. The highest BCUT2D eigenvalue weighted by Gasteiger charge is 2.11. The van der Waals surface area contributed by atoms with Crippen molar-refractivity contribution < 1.29 is 5.11 Å². The van der Waals surface area contributed by atoms with Crippen molar-refractivity contribution in [1.82, 2.24) is 19.7 Å². The van der Waals surface area contributed by atoms with Crippen LogP contribution < -0.4 is 0 Å². The average Bonchev–Trinajstić information content (AvgIpc) is 2.78. The van der Waals surface area contributed by atoms with Crippen LogP contribution in [0, 0.1) is 4.77 Å². The zero-order valence-electron chi connectivity index (χ0n) is 9.67. The summed E-state index contributed by atoms with van der Waals surface area (Å²) in [5, 5.41) is 17.0. The molecule has 0 fully saturated rings. The van der Waals surface area contributed by atoms with Crippen molar-refractivity contribution >= 4 is 39.1 Å². The third-order valence-electron chi connectivity index (χ3n) is 2.78. The standard InChI is InChI=1S/C12H9BrN4OS/c13-8-4-7-2-1-3-9(11(7)14-5-8)17-10(6-18)15-16-12(17)19/h1-5,18H,6H2,(H,16,19). The first-order valence-corrected chi connectivity index (χ1v) is 6.72. The molecule has 96 valence electrons. The number of fused-ring (bicyclic) bond motifs is 1. The molecule has 1 aromatic carbocycles. The minimum atomic E-state index is -0.194. The van der Waals surface area contributed by atoms with Crippen LogP contribution in [0.5, 0.6) is 0 Å². The summed E-state index contributed by atoms with van der Waals surface area (Å²) in [5.41, 5.74) is 1.60. The first-order valence-electron chi connectivity index (χ1n) is 5.52. The number of halogens is 1. The summed E-state index contributed by atoms with van der Waals surface area (Å²) in [6.07, 6.45) is 1.73. The third-order valence-corrected chi connectivity index (χ3v) is 3.49. The Morgan fingerprint density at radius 3 is 3.05 bits per heavy atom. The maximum absolute atomic E-state index is 9.33. The highest BCUT2D eigenvalue weighted by Crippen LogP contribution is 2.24. The number of nitrogens with zero attached hydrogens (tertiary/aromatic N) is 3. The van der Waals surface area contributed by atoms with Gasteiger partial charge in [-0.05, 0) is 40.3 Å². The number of H-pyrrole nitrogens is 1. The molecule has 0 bridgehead atoms. The number of aliphatic hydroxyl groups excluding tert-OH is 1. The van der Waals surface area contributed by atoms with Crippen LogP contribution in [-0.2, 0) is 6.61 Å². The summed E-state index contributed by atoms with van der Waals surface area (Å²) in [5.74, 6) is 0.460. The summed E-state index contributed by atoms with van der Waals surface area (Å²) >= 11 is 8.61. The van der Waals surface area contributed by atoms with E-state index in [2.05, 4.69) is 31.1 Å². The molecule has 0 aliphatic rings. The molecule has 19 heavy (non-hydrogen) atoms. The third kappa shape index (κ3) is 2.09. The van der Waals surface area contributed by atoms with Crippen LogP contribution in [-0.4, -0.2) is 24.9 Å². The smallest absolute Gasteiger partial charge is 0.200 e. The molecule has 5 nitrogen and oxygen atoms in total. The Bertz CT molecular complexity index is 811. The van der Waals surface area contributed by atoms with E-state index in [0.29, 0.717) is 10.6 Å². The van der Waals surface area contributed by atoms with Gasteiger partial charge in [-0.1, -0.05) is 12.1 Å². The van der Waals surface area contributed by atoms with Crippen molar-refractivity contribution in [1.29, 1.82) is 0 Å². The predicted octanol–water partition coefficient (Wildman–Crippen LogP) is 2.73. The van der Waals surface area contributed by atoms with Crippen molar-refractivity contribution in [2.45, 2.75) is 6.61 Å². The second kappa shape index (κ2) is 4.84. The van der Waals surface area contributed by atoms with Crippen molar-refractivity contribution in [2.75, 3.05) is 0 Å². The molecule has 2 N–H and O–H groups in total. The van der Waals surface area contributed by atoms with E-state index in [1.807, 2.05) is 24.3 Å². The van der Waals surface area contributed by atoms with Crippen LogP contribution >= 0.6 is 28.1 Å². The van der Waals surface area contributed by atoms with Gasteiger partial charge in [0.15, 0.2) is 10.6 Å². The lowest BCUT2D eigenvalue weighted by atomic mass is 10.2. The Labute approximate surface area is 122 Å². The maximum atomic E-state index is 9.33. The van der Waals surface area contributed by atoms with E-state index < -0.39 is 0 Å². The molecular formula is C12H9BrN4OS. The van der Waals surface area contributed by atoms with E-state index in [1.165, 1.54) is 0 Å². The molecule has 0 aliphatic heterocycles. The molecule has 0 spiro atoms. The molecule has 0 atom stereocenters. The van der Waals surface area contributed by atoms with Crippen molar-refractivity contribution in [2.24, 2.45) is 0 Å². The molecule has 3 rings (SSSR count). The molecule has 2 heterocycles. The average molecular weight is 337 g/mol. The Morgan fingerprint density at radius 2 is 2.26 bits per heavy atom. The molecule has 0 saturated heterocycles. The summed E-state index contributed by atoms with van der Waals surface area (Å²) in [6, 6.07) is 7.77. The van der Waals surface area contributed by atoms with Gasteiger partial charge in [0, 0.05) is 16.1 Å². The second-order valence-corrected chi connectivity index (χ2v) is 5.24. The SMILES string of the molecule is OCc1n[nH]c(=S)n1-c1cccc2cc(Br)cnc12. The molecule has 7 heteroatoms. The van der Waals surface area contributed by atoms with Crippen molar-refractivity contribution in [3.63, 3.8) is 0 Å². The van der Waals surface area contributed by atoms with E-state index in [9.17, 15) is 5.11 Å². The van der Waals surface area contributed by atoms with E-state index in [0.717, 1.165) is 21.1 Å². The van der Waals surface area contributed by atoms with Gasteiger partial charge in [0.2, 0.25) is 0 Å². The number of aromatic nitrogens is 4. The largest absolute Gasteiger partial charge is 0.388 e. The number of para-hydroxylation sites is 1. The van der Waals surface area contributed by atoms with Crippen LogP contribution in [0.25, 0.3) is 16.6 Å². The number of pyridine rings is 1. The Morgan fingerprint density at radius 1 is 1.42 bits per heavy atom. The van der Waals surface area contributed by atoms with Gasteiger partial charge in [0.05, 0.1) is 11.2 Å². The highest BCUT2D eigenvalue weighted by atomic mass is 79.9. The number of nitrogens with one attached hydrogen (secondary N) is 1. The Hall–Kier alpha value is -1.57. The van der Waals surface area contributed by atoms with Crippen LogP contribution in [0.15, 0.2) is 34.9 Å². The van der Waals surface area contributed by atoms with Crippen LogP contribution in [0.4, 0.5) is 0 Å². The van der Waals surface area contributed by atoms with E-state index >= 15 is 0 Å². The highest BCUT2D eigenvalue weighted by molar-refractivity contribution is 9.10. The van der Waals surface area contributed by atoms with Gasteiger partial charge < -0.3 is 5.11 Å². The fraction of sp³-hybridized carbons (Fsp3) is 0.0833. The quantitative estimate of drug-likeness (QED) is 0.706. The fourth-order valence-corrected chi connectivity index (χ4v) is 2.58. The van der Waals surface area contributed by atoms with Crippen LogP contribution in [0.3, 0.4) is 0 Å². The van der Waals surface area contributed by atoms with Gasteiger partial charge >= 0.3 is 0 Å². The van der Waals surface area contributed by atoms with E-state index in [1.54, 1.807) is 10.8 Å². The monoisotopic (exact) mass is 336 g/mol. The number of rotatable bonds is 2. The fourth-order valence-electron chi connectivity index (χ4n) is 1.98. The zero-order valence-corrected chi connectivity index (χ0v) is 12.1. The minimum Gasteiger partial charge on any atom is -0.388 e. The minimum absolute atomic E-state index is 0.194. The summed E-state index contributed by atoms with van der Waals surface area (Å²) < 4.78 is 3.04.